The van der Waals surface area contributed by atoms with Crippen molar-refractivity contribution < 1.29 is 37.9 Å². The number of nitrogens with zero attached hydrogens (tertiary/aromatic N) is 4. The number of imidazole rings is 1. The lowest BCUT2D eigenvalue weighted by molar-refractivity contribution is -0.152. The van der Waals surface area contributed by atoms with Crippen LogP contribution in [-0.2, 0) is 23.3 Å². The lowest BCUT2D eigenvalue weighted by Gasteiger charge is -2.21. The molecule has 35 heavy (non-hydrogen) atoms. The Labute approximate surface area is 198 Å². The molecule has 2 aliphatic heterocycles. The number of phosphoric acid groups is 1. The van der Waals surface area contributed by atoms with Crippen molar-refractivity contribution in [2.75, 3.05) is 18.5 Å². The van der Waals surface area contributed by atoms with E-state index in [1.54, 1.807) is 11.5 Å². The van der Waals surface area contributed by atoms with E-state index in [1.807, 2.05) is 30.3 Å². The third-order valence-corrected chi connectivity index (χ3v) is 6.01. The van der Waals surface area contributed by atoms with Gasteiger partial charge in [-0.25, -0.2) is 24.3 Å². The summed E-state index contributed by atoms with van der Waals surface area (Å²) in [5.41, 5.74) is 1.47. The molecule has 0 saturated carbocycles. The molecule has 5 rings (SSSR count). The maximum Gasteiger partial charge on any atom is 0.469 e. The van der Waals surface area contributed by atoms with Crippen molar-refractivity contribution in [3.8, 4) is 0 Å². The van der Waals surface area contributed by atoms with Crippen LogP contribution in [0.25, 0.3) is 11.2 Å². The molecule has 4 N–H and O–H groups in total. The zero-order valence-electron chi connectivity index (χ0n) is 18.4. The third-order valence-electron chi connectivity index (χ3n) is 5.53. The molecule has 2 aliphatic rings. The van der Waals surface area contributed by atoms with Gasteiger partial charge in [-0.15, -0.1) is 0 Å². The number of amides is 2. The fourth-order valence-corrected chi connectivity index (χ4v) is 4.41. The third kappa shape index (κ3) is 4.90. The van der Waals surface area contributed by atoms with Crippen LogP contribution >= 0.6 is 7.82 Å². The smallest absolute Gasteiger partial charge is 0.347 e. The summed E-state index contributed by atoms with van der Waals surface area (Å²) in [5.74, 6) is 0.210. The van der Waals surface area contributed by atoms with Gasteiger partial charge >= 0.3 is 13.9 Å². The van der Waals surface area contributed by atoms with Gasteiger partial charge in [0.25, 0.3) is 0 Å². The van der Waals surface area contributed by atoms with Gasteiger partial charge in [0, 0.05) is 12.1 Å². The largest absolute Gasteiger partial charge is 0.469 e. The van der Waals surface area contributed by atoms with Crippen LogP contribution in [0.15, 0.2) is 43.0 Å². The molecule has 2 fully saturated rings. The Morgan fingerprint density at radius 1 is 1.14 bits per heavy atom. The van der Waals surface area contributed by atoms with E-state index in [4.69, 9.17) is 28.5 Å². The fraction of sp³-hybridized carbons (Fsp3) is 0.400. The van der Waals surface area contributed by atoms with Gasteiger partial charge in [0.2, 0.25) is 0 Å². The Hall–Kier alpha value is -2.97. The van der Waals surface area contributed by atoms with Crippen LogP contribution in [0.5, 0.6) is 0 Å². The minimum Gasteiger partial charge on any atom is -0.347 e. The number of phosphoric ester groups is 1. The Morgan fingerprint density at radius 2 is 1.91 bits per heavy atom. The highest BCUT2D eigenvalue weighted by atomic mass is 31.2. The molecule has 2 saturated heterocycles. The van der Waals surface area contributed by atoms with E-state index in [-0.39, 0.29) is 5.82 Å². The van der Waals surface area contributed by atoms with Crippen molar-refractivity contribution in [3.63, 3.8) is 0 Å². The van der Waals surface area contributed by atoms with Crippen LogP contribution in [0.4, 0.5) is 10.6 Å². The minimum atomic E-state index is -4.74. The lowest BCUT2D eigenvalue weighted by atomic mass is 10.1. The van der Waals surface area contributed by atoms with E-state index >= 15 is 0 Å². The Morgan fingerprint density at radius 3 is 2.66 bits per heavy atom. The van der Waals surface area contributed by atoms with Crippen molar-refractivity contribution in [2.24, 2.45) is 0 Å². The van der Waals surface area contributed by atoms with Gasteiger partial charge < -0.3 is 29.3 Å². The molecule has 186 valence electrons. The van der Waals surface area contributed by atoms with Crippen molar-refractivity contribution in [3.05, 3.63) is 48.5 Å². The number of hydrogen-bond acceptors (Lipinski definition) is 9. The van der Waals surface area contributed by atoms with E-state index < -0.39 is 51.3 Å². The fourth-order valence-electron chi connectivity index (χ4n) is 4.07. The first-order valence-electron chi connectivity index (χ1n) is 10.8. The van der Waals surface area contributed by atoms with Crippen LogP contribution in [0.2, 0.25) is 0 Å². The van der Waals surface area contributed by atoms with Gasteiger partial charge in [-0.1, -0.05) is 30.3 Å². The predicted molar refractivity (Wildman–Crippen MR) is 119 cm³/mol. The molecular formula is C20H23N6O8P. The predicted octanol–water partition coefficient (Wildman–Crippen LogP) is 1.46. The molecule has 0 spiro atoms. The van der Waals surface area contributed by atoms with Crippen molar-refractivity contribution in [2.45, 2.75) is 37.8 Å². The highest BCUT2D eigenvalue weighted by Crippen LogP contribution is 2.46. The van der Waals surface area contributed by atoms with E-state index in [9.17, 15) is 9.36 Å². The first-order chi connectivity index (χ1) is 16.8. The number of ether oxygens (including phenoxy) is 3. The van der Waals surface area contributed by atoms with E-state index in [1.165, 1.54) is 12.7 Å². The topological polar surface area (TPSA) is 179 Å². The van der Waals surface area contributed by atoms with Crippen molar-refractivity contribution in [1.82, 2.24) is 24.8 Å². The van der Waals surface area contributed by atoms with Crippen LogP contribution in [-0.4, -0.2) is 66.8 Å². The molecule has 2 aromatic heterocycles. The maximum atomic E-state index is 12.0. The quantitative estimate of drug-likeness (QED) is 0.341. The number of urea groups is 1. The van der Waals surface area contributed by atoms with E-state index in [2.05, 4.69) is 25.6 Å². The zero-order valence-corrected chi connectivity index (χ0v) is 19.3. The summed E-state index contributed by atoms with van der Waals surface area (Å²) >= 11 is 0. The summed E-state index contributed by atoms with van der Waals surface area (Å²) in [5, 5.41) is 5.25. The number of anilines is 1. The van der Waals surface area contributed by atoms with Crippen molar-refractivity contribution in [1.29, 1.82) is 0 Å². The number of hydrogen-bond donors (Lipinski definition) is 4. The summed E-state index contributed by atoms with van der Waals surface area (Å²) in [7, 11) is -4.74. The highest BCUT2D eigenvalue weighted by Gasteiger charge is 2.54. The average Bonchev–Trinajstić information content (AvgIpc) is 3.52. The molecule has 1 aromatic carbocycles. The molecule has 1 unspecified atom stereocenters. The summed E-state index contributed by atoms with van der Waals surface area (Å²) in [4.78, 5) is 43.0. The number of carbonyl (C=O) groups is 1. The van der Waals surface area contributed by atoms with Crippen LogP contribution in [0.1, 0.15) is 25.0 Å². The summed E-state index contributed by atoms with van der Waals surface area (Å²) in [6, 6.07) is 8.83. The lowest BCUT2D eigenvalue weighted by Crippen LogP contribution is -2.31. The van der Waals surface area contributed by atoms with Gasteiger partial charge in [0.15, 0.2) is 29.5 Å². The summed E-state index contributed by atoms with van der Waals surface area (Å²) < 4.78 is 35.9. The molecular weight excluding hydrogens is 483 g/mol. The van der Waals surface area contributed by atoms with Gasteiger partial charge in [-0.2, -0.15) is 0 Å². The SMILES string of the molecule is CCNC(=O)Nc1ncnc2c1ncn2[C@@H]1O[C@H](COP(=O)(O)O)C2O[C@@H](c3ccccc3)O[C@@H]21. The molecule has 5 atom stereocenters. The monoisotopic (exact) mass is 506 g/mol. The second-order valence-corrected chi connectivity index (χ2v) is 9.07. The molecule has 0 bridgehead atoms. The van der Waals surface area contributed by atoms with E-state index in [0.717, 1.165) is 5.56 Å². The molecule has 0 aliphatic carbocycles. The molecule has 4 heterocycles. The molecule has 15 heteroatoms. The van der Waals surface area contributed by atoms with Gasteiger partial charge in [0.05, 0.1) is 12.9 Å². The summed E-state index contributed by atoms with van der Waals surface area (Å²) in [6.07, 6.45) is -0.983. The second kappa shape index (κ2) is 9.59. The number of rotatable bonds is 7. The Bertz CT molecular complexity index is 1250. The first-order valence-corrected chi connectivity index (χ1v) is 12.3. The summed E-state index contributed by atoms with van der Waals surface area (Å²) in [6.45, 7) is 1.81. The zero-order chi connectivity index (χ0) is 24.6. The molecule has 14 nitrogen and oxygen atoms in total. The van der Waals surface area contributed by atoms with Crippen molar-refractivity contribution >= 4 is 30.8 Å². The van der Waals surface area contributed by atoms with Gasteiger partial charge in [-0.3, -0.25) is 14.4 Å². The molecule has 3 aromatic rings. The number of carbonyl (C=O) groups excluding carboxylic acids is 1. The van der Waals surface area contributed by atoms with Crippen LogP contribution in [0, 0.1) is 0 Å². The van der Waals surface area contributed by atoms with Gasteiger partial charge in [0.1, 0.15) is 24.6 Å². The highest BCUT2D eigenvalue weighted by molar-refractivity contribution is 7.46. The number of nitrogens with one attached hydrogen (secondary N) is 2. The normalized spacial score (nSPS) is 26.1. The standard InChI is InChI=1S/C20H23N6O8P/c1-2-21-20(27)25-16-13-17(23-9-22-16)26(10-24-13)18-15-14(12(32-18)8-31-35(28,29)30)33-19(34-15)11-6-4-3-5-7-11/h3-7,9-10,12,14-15,18-19H,2,8H2,1H3,(H2,28,29,30)(H2,21,22,23,25,27)/t12-,14?,15+,18-,19-/m1/s1. The Balaban J connectivity index is 1.45. The molecule has 2 amide bonds. The van der Waals surface area contributed by atoms with E-state index in [0.29, 0.717) is 17.7 Å². The minimum absolute atomic E-state index is 0.210. The number of aromatic nitrogens is 4. The molecule has 0 radical (unpaired) electrons. The van der Waals surface area contributed by atoms with Gasteiger partial charge in [-0.05, 0) is 6.92 Å². The van der Waals surface area contributed by atoms with Crippen LogP contribution < -0.4 is 10.6 Å². The second-order valence-electron chi connectivity index (χ2n) is 7.83. The Kier molecular flexibility index (Phi) is 6.51. The number of benzene rings is 1. The first kappa shape index (κ1) is 23.8. The number of fused-ring (bicyclic) bond motifs is 2. The maximum absolute atomic E-state index is 12.0. The van der Waals surface area contributed by atoms with Crippen LogP contribution in [0.3, 0.4) is 0 Å². The average molecular weight is 506 g/mol.